The second kappa shape index (κ2) is 5.97. The van der Waals surface area contributed by atoms with Crippen molar-refractivity contribution >= 4 is 27.5 Å². The van der Waals surface area contributed by atoms with Crippen LogP contribution in [0.4, 0.5) is 10.1 Å². The number of nitrogens with one attached hydrogen (secondary N) is 1. The lowest BCUT2D eigenvalue weighted by atomic mass is 10.1. The number of halogens is 2. The number of aryl methyl sites for hydroxylation is 1. The number of carbonyl (C=O) groups is 1. The predicted octanol–water partition coefficient (Wildman–Crippen LogP) is 4.28. The summed E-state index contributed by atoms with van der Waals surface area (Å²) in [5.41, 5.74) is 2.80. The van der Waals surface area contributed by atoms with E-state index in [1.165, 1.54) is 12.1 Å². The molecular formula is C15H13BrFNO. The Bertz CT molecular complexity index is 593. The first-order chi connectivity index (χ1) is 9.08. The topological polar surface area (TPSA) is 29.1 Å². The molecule has 2 aromatic carbocycles. The van der Waals surface area contributed by atoms with Crippen LogP contribution in [0.3, 0.4) is 0 Å². The average Bonchev–Trinajstić information content (AvgIpc) is 2.37. The zero-order chi connectivity index (χ0) is 13.8. The Morgan fingerprint density at radius 2 is 2.05 bits per heavy atom. The molecule has 98 valence electrons. The quantitative estimate of drug-likeness (QED) is 0.840. The molecule has 2 aromatic rings. The predicted molar refractivity (Wildman–Crippen MR) is 78.2 cm³/mol. The summed E-state index contributed by atoms with van der Waals surface area (Å²) in [6, 6.07) is 11.8. The van der Waals surface area contributed by atoms with Gasteiger partial charge in [-0.3, -0.25) is 4.79 Å². The molecule has 0 aliphatic rings. The molecule has 0 radical (unpaired) electrons. The molecule has 0 saturated carbocycles. The maximum Gasteiger partial charge on any atom is 0.255 e. The molecule has 2 rings (SSSR count). The minimum Gasteiger partial charge on any atom is -0.322 e. The van der Waals surface area contributed by atoms with Crippen LogP contribution in [0, 0.1) is 12.7 Å². The number of amides is 1. The van der Waals surface area contributed by atoms with Gasteiger partial charge in [0.1, 0.15) is 5.82 Å². The lowest BCUT2D eigenvalue weighted by molar-refractivity contribution is 0.102. The minimum absolute atomic E-state index is 0.311. The SMILES string of the molecule is Cc1cc(F)cc(C(=O)Nc2cccc(CBr)c2)c1. The summed E-state index contributed by atoms with van der Waals surface area (Å²) in [6.45, 7) is 1.76. The van der Waals surface area contributed by atoms with Crippen molar-refractivity contribution in [2.75, 3.05) is 5.32 Å². The Labute approximate surface area is 119 Å². The third-order valence-corrected chi connectivity index (χ3v) is 3.29. The Balaban J connectivity index is 2.20. The van der Waals surface area contributed by atoms with Gasteiger partial charge in [-0.1, -0.05) is 28.1 Å². The first-order valence-corrected chi connectivity index (χ1v) is 6.94. The Hall–Kier alpha value is -1.68. The minimum atomic E-state index is -0.403. The van der Waals surface area contributed by atoms with E-state index in [9.17, 15) is 9.18 Å². The molecule has 0 aliphatic heterocycles. The number of carbonyl (C=O) groups excluding carboxylic acids is 1. The van der Waals surface area contributed by atoms with Crippen molar-refractivity contribution in [2.24, 2.45) is 0 Å². The highest BCUT2D eigenvalue weighted by Crippen LogP contribution is 2.15. The number of hydrogen-bond donors (Lipinski definition) is 1. The second-order valence-electron chi connectivity index (χ2n) is 4.31. The number of hydrogen-bond acceptors (Lipinski definition) is 1. The van der Waals surface area contributed by atoms with E-state index in [0.29, 0.717) is 11.3 Å². The maximum absolute atomic E-state index is 13.3. The highest BCUT2D eigenvalue weighted by atomic mass is 79.9. The third kappa shape index (κ3) is 3.64. The van der Waals surface area contributed by atoms with Gasteiger partial charge in [0, 0.05) is 16.6 Å². The van der Waals surface area contributed by atoms with E-state index in [0.717, 1.165) is 16.5 Å². The van der Waals surface area contributed by atoms with E-state index in [1.54, 1.807) is 19.1 Å². The number of benzene rings is 2. The van der Waals surface area contributed by atoms with Crippen LogP contribution < -0.4 is 5.32 Å². The van der Waals surface area contributed by atoms with E-state index < -0.39 is 5.82 Å². The summed E-state index contributed by atoms with van der Waals surface area (Å²) in [6.07, 6.45) is 0. The van der Waals surface area contributed by atoms with Crippen LogP contribution in [0.5, 0.6) is 0 Å². The summed E-state index contributed by atoms with van der Waals surface area (Å²) in [5.74, 6) is -0.714. The summed E-state index contributed by atoms with van der Waals surface area (Å²) in [7, 11) is 0. The third-order valence-electron chi connectivity index (χ3n) is 2.64. The van der Waals surface area contributed by atoms with Gasteiger partial charge in [-0.05, 0) is 48.4 Å². The lowest BCUT2D eigenvalue weighted by Crippen LogP contribution is -2.12. The largest absolute Gasteiger partial charge is 0.322 e. The van der Waals surface area contributed by atoms with E-state index >= 15 is 0 Å². The molecule has 2 nitrogen and oxygen atoms in total. The molecule has 0 saturated heterocycles. The smallest absolute Gasteiger partial charge is 0.255 e. The van der Waals surface area contributed by atoms with Crippen LogP contribution in [0.2, 0.25) is 0 Å². The van der Waals surface area contributed by atoms with Gasteiger partial charge >= 0.3 is 0 Å². The van der Waals surface area contributed by atoms with Crippen molar-refractivity contribution < 1.29 is 9.18 Å². The van der Waals surface area contributed by atoms with Crippen LogP contribution in [-0.2, 0) is 5.33 Å². The first-order valence-electron chi connectivity index (χ1n) is 5.82. The van der Waals surface area contributed by atoms with Crippen molar-refractivity contribution in [3.63, 3.8) is 0 Å². The molecule has 0 atom stereocenters. The molecule has 0 aliphatic carbocycles. The Morgan fingerprint density at radius 3 is 2.74 bits per heavy atom. The molecule has 1 amide bonds. The summed E-state index contributed by atoms with van der Waals surface area (Å²) < 4.78 is 13.3. The lowest BCUT2D eigenvalue weighted by Gasteiger charge is -2.07. The number of rotatable bonds is 3. The number of alkyl halides is 1. The molecule has 0 spiro atoms. The van der Waals surface area contributed by atoms with Crippen molar-refractivity contribution in [3.05, 3.63) is 65.0 Å². The van der Waals surface area contributed by atoms with Crippen molar-refractivity contribution in [2.45, 2.75) is 12.3 Å². The first kappa shape index (κ1) is 13.7. The van der Waals surface area contributed by atoms with Gasteiger partial charge in [-0.25, -0.2) is 4.39 Å². The molecule has 4 heteroatoms. The summed E-state index contributed by atoms with van der Waals surface area (Å²) in [4.78, 5) is 12.0. The van der Waals surface area contributed by atoms with Crippen LogP contribution in [0.1, 0.15) is 21.5 Å². The number of anilines is 1. The Kier molecular flexibility index (Phi) is 4.32. The molecule has 0 heterocycles. The van der Waals surface area contributed by atoms with Gasteiger partial charge < -0.3 is 5.32 Å². The summed E-state index contributed by atoms with van der Waals surface area (Å²) in [5, 5.41) is 3.48. The fraction of sp³-hybridized carbons (Fsp3) is 0.133. The summed E-state index contributed by atoms with van der Waals surface area (Å²) >= 11 is 3.36. The standard InChI is InChI=1S/C15H13BrFNO/c1-10-5-12(8-13(17)6-10)15(19)18-14-4-2-3-11(7-14)9-16/h2-8H,9H2,1H3,(H,18,19). The molecule has 1 N–H and O–H groups in total. The highest BCUT2D eigenvalue weighted by molar-refractivity contribution is 9.08. The van der Waals surface area contributed by atoms with Gasteiger partial charge in [0.2, 0.25) is 0 Å². The van der Waals surface area contributed by atoms with Gasteiger partial charge in [-0.15, -0.1) is 0 Å². The molecule has 19 heavy (non-hydrogen) atoms. The van der Waals surface area contributed by atoms with Crippen molar-refractivity contribution in [1.29, 1.82) is 0 Å². The van der Waals surface area contributed by atoms with Crippen LogP contribution in [-0.4, -0.2) is 5.91 Å². The Morgan fingerprint density at radius 1 is 1.26 bits per heavy atom. The van der Waals surface area contributed by atoms with Crippen molar-refractivity contribution in [1.82, 2.24) is 0 Å². The molecule has 0 bridgehead atoms. The van der Waals surface area contributed by atoms with E-state index in [1.807, 2.05) is 18.2 Å². The fourth-order valence-electron chi connectivity index (χ4n) is 1.80. The molecule has 0 unspecified atom stereocenters. The second-order valence-corrected chi connectivity index (χ2v) is 4.87. The van der Waals surface area contributed by atoms with Crippen LogP contribution in [0.15, 0.2) is 42.5 Å². The van der Waals surface area contributed by atoms with Crippen LogP contribution in [0.25, 0.3) is 0 Å². The normalized spacial score (nSPS) is 10.3. The maximum atomic E-state index is 13.3. The zero-order valence-corrected chi connectivity index (χ0v) is 12.0. The van der Waals surface area contributed by atoms with Crippen molar-refractivity contribution in [3.8, 4) is 0 Å². The zero-order valence-electron chi connectivity index (χ0n) is 10.4. The van der Waals surface area contributed by atoms with Gasteiger partial charge in [-0.2, -0.15) is 0 Å². The van der Waals surface area contributed by atoms with E-state index in [2.05, 4.69) is 21.2 Å². The van der Waals surface area contributed by atoms with Crippen LogP contribution >= 0.6 is 15.9 Å². The van der Waals surface area contributed by atoms with Gasteiger partial charge in [0.05, 0.1) is 0 Å². The molecule has 0 aromatic heterocycles. The molecular weight excluding hydrogens is 309 g/mol. The highest BCUT2D eigenvalue weighted by Gasteiger charge is 2.08. The molecule has 0 fully saturated rings. The van der Waals surface area contributed by atoms with Gasteiger partial charge in [0.15, 0.2) is 0 Å². The monoisotopic (exact) mass is 321 g/mol. The van der Waals surface area contributed by atoms with Gasteiger partial charge in [0.25, 0.3) is 5.91 Å². The van der Waals surface area contributed by atoms with E-state index in [-0.39, 0.29) is 5.91 Å². The fourth-order valence-corrected chi connectivity index (χ4v) is 2.15. The average molecular weight is 322 g/mol. The van der Waals surface area contributed by atoms with E-state index in [4.69, 9.17) is 0 Å².